The van der Waals surface area contributed by atoms with E-state index < -0.39 is 134 Å². The minimum absolute atomic E-state index is 0.0656. The normalized spacial score (nSPS) is 26.6. The van der Waals surface area contributed by atoms with Crippen LogP contribution < -0.4 is 21.3 Å². The van der Waals surface area contributed by atoms with E-state index in [9.17, 15) is 79.2 Å². The van der Waals surface area contributed by atoms with E-state index in [2.05, 4.69) is 20.6 Å². The second-order valence-electron chi connectivity index (χ2n) is 16.6. The van der Waals surface area contributed by atoms with Gasteiger partial charge in [-0.1, -0.05) is 13.8 Å². The Labute approximate surface area is 352 Å². The maximum atomic E-state index is 12.6. The summed E-state index contributed by atoms with van der Waals surface area (Å²) in [6, 6.07) is -1.82. The summed E-state index contributed by atoms with van der Waals surface area (Å²) in [6.45, 7) is 3.26. The molecule has 2 aromatic heterocycles. The molecule has 62 heavy (non-hydrogen) atoms. The van der Waals surface area contributed by atoms with Crippen molar-refractivity contribution in [3.8, 4) is 0 Å². The number of hydrogen-bond acceptors (Lipinski definition) is 10. The van der Waals surface area contributed by atoms with E-state index in [0.29, 0.717) is 0 Å². The van der Waals surface area contributed by atoms with Crippen LogP contribution in [0.3, 0.4) is 0 Å². The smallest absolute Gasteiger partial charge is 0.307 e. The zero-order chi connectivity index (χ0) is 45.8. The second-order valence-corrected chi connectivity index (χ2v) is 16.6. The van der Waals surface area contributed by atoms with Crippen LogP contribution in [0.2, 0.25) is 0 Å². The summed E-state index contributed by atoms with van der Waals surface area (Å²) in [5, 5.41) is 86.9. The Bertz CT molecular complexity index is 2390. The first kappa shape index (κ1) is 46.4. The first-order chi connectivity index (χ1) is 29.0. The molecule has 334 valence electrons. The number of fused-ring (bicyclic) bond motifs is 8. The Hall–Kier alpha value is -6.70. The summed E-state index contributed by atoms with van der Waals surface area (Å²) in [6.07, 6.45) is 1.62. The lowest BCUT2D eigenvalue weighted by Crippen LogP contribution is -2.39. The average molecular weight is 867 g/mol. The standard InChI is InChI=1S/C42H50N4O16/c1-41(17-39(59)60)23(5-9-35(51)52)29-14-27-21(11-37(55)56)19(3-7-33(47)48)25(43-27)13-26-20(4-8-34(49)50)22(12-38(57)58)28(44-26)15-31-42(2,18-40(61)62)24(6-10-36(53)54)30(46-31)16-32(41)45-29/h13-16,23-24,30-31,43-46H,3-12,17-18H2,1-2H3,(H,47,48)(H,49,50)(H,51,52)(H,53,54)(H,55,56)(H,57,58)(H,59,60)(H,61,62)/b26-13-,28-15+,29-14-,32-16-/t23-,24-,30-,31?,41+,42+/m1/s1. The van der Waals surface area contributed by atoms with Crippen molar-refractivity contribution in [3.63, 3.8) is 0 Å². The Morgan fingerprint density at radius 1 is 0.565 bits per heavy atom. The highest BCUT2D eigenvalue weighted by molar-refractivity contribution is 5.78. The molecule has 3 aliphatic heterocycles. The van der Waals surface area contributed by atoms with Gasteiger partial charge in [-0.15, -0.1) is 0 Å². The van der Waals surface area contributed by atoms with E-state index in [1.165, 1.54) is 12.2 Å². The van der Waals surface area contributed by atoms with Crippen LogP contribution in [0.1, 0.15) is 98.9 Å². The molecular weight excluding hydrogens is 816 g/mol. The fourth-order valence-electron chi connectivity index (χ4n) is 9.61. The van der Waals surface area contributed by atoms with Gasteiger partial charge < -0.3 is 61.5 Å². The predicted molar refractivity (Wildman–Crippen MR) is 215 cm³/mol. The molecule has 1 unspecified atom stereocenters. The van der Waals surface area contributed by atoms with Gasteiger partial charge in [-0.3, -0.25) is 38.4 Å². The van der Waals surface area contributed by atoms with Crippen molar-refractivity contribution < 1.29 is 79.2 Å². The summed E-state index contributed by atoms with van der Waals surface area (Å²) in [7, 11) is 0. The van der Waals surface area contributed by atoms with Gasteiger partial charge in [0.05, 0.1) is 25.7 Å². The van der Waals surface area contributed by atoms with E-state index in [-0.39, 0.29) is 81.4 Å². The molecular formula is C42H50N4O16. The minimum atomic E-state index is -1.38. The first-order valence-corrected chi connectivity index (χ1v) is 19.9. The second kappa shape index (κ2) is 18.5. The van der Waals surface area contributed by atoms with Crippen LogP contribution in [0.25, 0.3) is 18.2 Å². The molecule has 8 bridgehead atoms. The third-order valence-electron chi connectivity index (χ3n) is 12.4. The fourth-order valence-corrected chi connectivity index (χ4v) is 9.61. The fraction of sp³-hybridized carbons (Fsp3) is 0.476. The molecule has 2 saturated heterocycles. The van der Waals surface area contributed by atoms with Gasteiger partial charge in [-0.05, 0) is 78.2 Å². The predicted octanol–water partition coefficient (Wildman–Crippen LogP) is 1.35. The highest BCUT2D eigenvalue weighted by Gasteiger charge is 2.53. The molecule has 0 aliphatic carbocycles. The number of carbonyl (C=O) groups is 8. The molecule has 5 heterocycles. The number of H-pyrrole nitrogens is 2. The van der Waals surface area contributed by atoms with Gasteiger partial charge in [-0.2, -0.15) is 0 Å². The van der Waals surface area contributed by atoms with E-state index in [0.717, 1.165) is 0 Å². The average Bonchev–Trinajstić information content (AvgIpc) is 3.77. The SMILES string of the molecule is C[C@@]1(CC(=O)O)/C2=C/[C@H]3NC(/C=c4/[nH]/c(c(CCC(=O)O)c4CC(=O)O)=C\c4[nH]c(c(CC(=O)O)c4CCC(=O)O)/C=C(\N2)[C@H]1CCC(=O)O)[C@@](C)(CC(=O)O)[C@@H]3CCC(=O)O. The molecule has 2 aromatic rings. The van der Waals surface area contributed by atoms with Crippen molar-refractivity contribution in [1.29, 1.82) is 0 Å². The lowest BCUT2D eigenvalue weighted by atomic mass is 9.67. The zero-order valence-corrected chi connectivity index (χ0v) is 33.9. The lowest BCUT2D eigenvalue weighted by Gasteiger charge is -2.35. The number of rotatable bonds is 20. The van der Waals surface area contributed by atoms with Gasteiger partial charge in [0, 0.05) is 88.0 Å². The number of allylic oxidation sites excluding steroid dienone is 2. The van der Waals surface area contributed by atoms with Crippen LogP contribution in [0, 0.1) is 22.7 Å². The molecule has 0 radical (unpaired) electrons. The van der Waals surface area contributed by atoms with Crippen molar-refractivity contribution in [2.45, 2.75) is 103 Å². The molecule has 5 rings (SSSR count). The molecule has 0 spiro atoms. The largest absolute Gasteiger partial charge is 0.481 e. The first-order valence-electron chi connectivity index (χ1n) is 19.9. The van der Waals surface area contributed by atoms with Crippen molar-refractivity contribution in [2.75, 3.05) is 0 Å². The van der Waals surface area contributed by atoms with Crippen LogP contribution >= 0.6 is 0 Å². The van der Waals surface area contributed by atoms with Gasteiger partial charge >= 0.3 is 47.8 Å². The Balaban J connectivity index is 1.99. The number of nitrogens with one attached hydrogen (secondary N) is 4. The third kappa shape index (κ3) is 10.2. The molecule has 6 atom stereocenters. The van der Waals surface area contributed by atoms with Crippen molar-refractivity contribution in [3.05, 3.63) is 61.8 Å². The number of hydrogen-bond donors (Lipinski definition) is 12. The Kier molecular flexibility index (Phi) is 13.8. The molecule has 12 N–H and O–H groups in total. The Morgan fingerprint density at radius 3 is 1.68 bits per heavy atom. The van der Waals surface area contributed by atoms with E-state index in [1.807, 2.05) is 0 Å². The topological polar surface area (TPSA) is 354 Å². The summed E-state index contributed by atoms with van der Waals surface area (Å²) in [5.41, 5.74) is -1.00. The molecule has 0 amide bonds. The number of aliphatic carboxylic acids is 8. The van der Waals surface area contributed by atoms with Crippen LogP contribution in [0.4, 0.5) is 0 Å². The van der Waals surface area contributed by atoms with Crippen molar-refractivity contribution in [1.82, 2.24) is 20.6 Å². The molecule has 0 saturated carbocycles. The molecule has 3 aliphatic rings. The quantitative estimate of drug-likeness (QED) is 0.0893. The van der Waals surface area contributed by atoms with Gasteiger partial charge in [0.2, 0.25) is 0 Å². The van der Waals surface area contributed by atoms with Gasteiger partial charge in [0.15, 0.2) is 0 Å². The van der Waals surface area contributed by atoms with Crippen molar-refractivity contribution >= 4 is 66.0 Å². The van der Waals surface area contributed by atoms with E-state index in [1.54, 1.807) is 26.0 Å². The number of aromatic nitrogens is 2. The summed E-state index contributed by atoms with van der Waals surface area (Å²) < 4.78 is 0. The maximum absolute atomic E-state index is 12.6. The highest BCUT2D eigenvalue weighted by Crippen LogP contribution is 2.52. The number of carboxylic acids is 8. The molecule has 20 nitrogen and oxygen atoms in total. The summed E-state index contributed by atoms with van der Waals surface area (Å²) in [5.74, 6) is -11.5. The summed E-state index contributed by atoms with van der Waals surface area (Å²) >= 11 is 0. The van der Waals surface area contributed by atoms with Gasteiger partial charge in [-0.25, -0.2) is 0 Å². The van der Waals surface area contributed by atoms with Gasteiger partial charge in [0.1, 0.15) is 0 Å². The number of carboxylic acid groups (broad SMARTS) is 8. The lowest BCUT2D eigenvalue weighted by molar-refractivity contribution is -0.141. The van der Waals surface area contributed by atoms with Crippen molar-refractivity contribution in [2.24, 2.45) is 22.7 Å². The summed E-state index contributed by atoms with van der Waals surface area (Å²) in [4.78, 5) is 104. The van der Waals surface area contributed by atoms with Crippen LogP contribution in [0.15, 0.2) is 17.5 Å². The maximum Gasteiger partial charge on any atom is 0.307 e. The van der Waals surface area contributed by atoms with Gasteiger partial charge in [0.25, 0.3) is 0 Å². The minimum Gasteiger partial charge on any atom is -0.481 e. The van der Waals surface area contributed by atoms with Crippen LogP contribution in [0.5, 0.6) is 0 Å². The monoisotopic (exact) mass is 866 g/mol. The van der Waals surface area contributed by atoms with E-state index >= 15 is 0 Å². The van der Waals surface area contributed by atoms with E-state index in [4.69, 9.17) is 0 Å². The highest BCUT2D eigenvalue weighted by atomic mass is 16.4. The Morgan fingerprint density at radius 2 is 1.11 bits per heavy atom. The number of aromatic amines is 2. The van der Waals surface area contributed by atoms with Crippen LogP contribution in [-0.4, -0.2) is 111 Å². The molecule has 2 fully saturated rings. The van der Waals surface area contributed by atoms with Crippen LogP contribution in [-0.2, 0) is 64.0 Å². The zero-order valence-electron chi connectivity index (χ0n) is 33.9. The molecule has 20 heteroatoms. The third-order valence-corrected chi connectivity index (χ3v) is 12.4. The molecule has 0 aromatic carbocycles.